The predicted octanol–water partition coefficient (Wildman–Crippen LogP) is 1.51. The minimum atomic E-state index is -0.422. The van der Waals surface area contributed by atoms with Crippen molar-refractivity contribution in [3.63, 3.8) is 0 Å². The molecule has 0 saturated carbocycles. The summed E-state index contributed by atoms with van der Waals surface area (Å²) in [4.78, 5) is 12.2. The molecule has 2 aromatic rings. The van der Waals surface area contributed by atoms with Gasteiger partial charge in [0.05, 0.1) is 11.9 Å². The Bertz CT molecular complexity index is 723. The van der Waals surface area contributed by atoms with E-state index in [9.17, 15) is 14.3 Å². The van der Waals surface area contributed by atoms with E-state index in [1.807, 2.05) is 0 Å². The third-order valence-corrected chi connectivity index (χ3v) is 3.99. The molecule has 1 aliphatic heterocycles. The minimum Gasteiger partial charge on any atom is -0.504 e. The molecule has 1 atom stereocenters. The van der Waals surface area contributed by atoms with Crippen molar-refractivity contribution >= 4 is 5.91 Å². The van der Waals surface area contributed by atoms with Gasteiger partial charge in [0, 0.05) is 12.6 Å². The average molecular weight is 318 g/mol. The summed E-state index contributed by atoms with van der Waals surface area (Å²) in [5.74, 6) is -0.968. The third kappa shape index (κ3) is 3.34. The molecular weight excluding hydrogens is 299 g/mol. The summed E-state index contributed by atoms with van der Waals surface area (Å²) in [5.41, 5.74) is 1.24. The first-order chi connectivity index (χ1) is 11.0. The van der Waals surface area contributed by atoms with E-state index in [1.165, 1.54) is 23.0 Å². The van der Waals surface area contributed by atoms with Gasteiger partial charge in [0.15, 0.2) is 11.4 Å². The lowest BCUT2D eigenvalue weighted by Crippen LogP contribution is -2.37. The topological polar surface area (TPSA) is 79.2 Å². The summed E-state index contributed by atoms with van der Waals surface area (Å²) in [7, 11) is 0. The van der Waals surface area contributed by atoms with Crippen molar-refractivity contribution in [2.45, 2.75) is 25.8 Å². The number of aromatic hydroxyl groups is 1. The van der Waals surface area contributed by atoms with Crippen LogP contribution in [0.2, 0.25) is 0 Å². The zero-order valence-electron chi connectivity index (χ0n) is 12.8. The van der Waals surface area contributed by atoms with Crippen molar-refractivity contribution < 1.29 is 14.3 Å². The average Bonchev–Trinajstić information content (AvgIpc) is 3.14. The molecule has 1 unspecified atom stereocenters. The number of hydrogen-bond acceptors (Lipinski definition) is 4. The summed E-state index contributed by atoms with van der Waals surface area (Å²) in [6.45, 7) is 3.20. The Kier molecular flexibility index (Phi) is 4.29. The molecule has 23 heavy (non-hydrogen) atoms. The molecule has 6 nitrogen and oxygen atoms in total. The molecule has 1 amide bonds. The Labute approximate surface area is 133 Å². The number of benzene rings is 1. The van der Waals surface area contributed by atoms with Gasteiger partial charge in [-0.05, 0) is 50.1 Å². The molecule has 0 bridgehead atoms. The fraction of sp³-hybridized carbons (Fsp3) is 0.375. The molecule has 1 fully saturated rings. The highest BCUT2D eigenvalue weighted by Crippen LogP contribution is 2.21. The molecule has 1 aromatic carbocycles. The fourth-order valence-electron chi connectivity index (χ4n) is 2.76. The highest BCUT2D eigenvalue weighted by molar-refractivity contribution is 5.94. The Morgan fingerprint density at radius 3 is 3.09 bits per heavy atom. The van der Waals surface area contributed by atoms with E-state index < -0.39 is 5.91 Å². The Morgan fingerprint density at radius 1 is 1.57 bits per heavy atom. The number of nitrogens with one attached hydrogen (secondary N) is 2. The Balaban J connectivity index is 1.76. The van der Waals surface area contributed by atoms with E-state index in [2.05, 4.69) is 15.7 Å². The van der Waals surface area contributed by atoms with Crippen LogP contribution in [0.15, 0.2) is 24.4 Å². The summed E-state index contributed by atoms with van der Waals surface area (Å²) < 4.78 is 14.6. The standard InChI is InChI=1S/C16H19FN4O2/c1-10-7-11(17)4-5-13(10)21-9-14(22)15(20-21)16(23)19-8-12-3-2-6-18-12/h4-5,7,9,12,18,22H,2-3,6,8H2,1H3,(H,19,23). The lowest BCUT2D eigenvalue weighted by Gasteiger charge is -2.10. The van der Waals surface area contributed by atoms with E-state index in [0.717, 1.165) is 19.4 Å². The molecule has 2 heterocycles. The normalized spacial score (nSPS) is 17.4. The van der Waals surface area contributed by atoms with Gasteiger partial charge in [-0.1, -0.05) is 0 Å². The van der Waals surface area contributed by atoms with Crippen LogP contribution < -0.4 is 10.6 Å². The maximum atomic E-state index is 13.2. The van der Waals surface area contributed by atoms with Gasteiger partial charge < -0.3 is 15.7 Å². The quantitative estimate of drug-likeness (QED) is 0.798. The number of aromatic nitrogens is 2. The molecule has 122 valence electrons. The first-order valence-corrected chi connectivity index (χ1v) is 7.61. The van der Waals surface area contributed by atoms with Gasteiger partial charge in [0.25, 0.3) is 5.91 Å². The van der Waals surface area contributed by atoms with Crippen LogP contribution in [0.25, 0.3) is 5.69 Å². The first-order valence-electron chi connectivity index (χ1n) is 7.61. The lowest BCUT2D eigenvalue weighted by molar-refractivity contribution is 0.0942. The summed E-state index contributed by atoms with van der Waals surface area (Å²) >= 11 is 0. The zero-order valence-corrected chi connectivity index (χ0v) is 12.8. The zero-order chi connectivity index (χ0) is 16.4. The monoisotopic (exact) mass is 318 g/mol. The van der Waals surface area contributed by atoms with Crippen LogP contribution in [0.5, 0.6) is 5.75 Å². The van der Waals surface area contributed by atoms with Gasteiger partial charge in [-0.3, -0.25) is 4.79 Å². The number of hydrogen-bond donors (Lipinski definition) is 3. The lowest BCUT2D eigenvalue weighted by atomic mass is 10.2. The first kappa shape index (κ1) is 15.5. The number of amides is 1. The second-order valence-electron chi connectivity index (χ2n) is 5.74. The van der Waals surface area contributed by atoms with Crippen molar-refractivity contribution in [2.75, 3.05) is 13.1 Å². The van der Waals surface area contributed by atoms with Crippen LogP contribution in [0.1, 0.15) is 28.9 Å². The highest BCUT2D eigenvalue weighted by Gasteiger charge is 2.20. The van der Waals surface area contributed by atoms with E-state index in [-0.39, 0.29) is 23.3 Å². The minimum absolute atomic E-state index is 0.0354. The van der Waals surface area contributed by atoms with Crippen molar-refractivity contribution in [3.8, 4) is 11.4 Å². The Hall–Kier alpha value is -2.41. The van der Waals surface area contributed by atoms with Crippen molar-refractivity contribution in [2.24, 2.45) is 0 Å². The number of nitrogens with zero attached hydrogens (tertiary/aromatic N) is 2. The van der Waals surface area contributed by atoms with Gasteiger partial charge in [-0.2, -0.15) is 5.10 Å². The van der Waals surface area contributed by atoms with E-state index in [1.54, 1.807) is 13.0 Å². The largest absolute Gasteiger partial charge is 0.504 e. The van der Waals surface area contributed by atoms with Gasteiger partial charge >= 0.3 is 0 Å². The second kappa shape index (κ2) is 6.37. The van der Waals surface area contributed by atoms with Gasteiger partial charge in [0.1, 0.15) is 5.82 Å². The van der Waals surface area contributed by atoms with Crippen molar-refractivity contribution in [1.29, 1.82) is 0 Å². The van der Waals surface area contributed by atoms with E-state index in [0.29, 0.717) is 17.8 Å². The van der Waals surface area contributed by atoms with Gasteiger partial charge in [-0.15, -0.1) is 0 Å². The molecule has 0 aliphatic carbocycles. The number of carbonyl (C=O) groups excluding carboxylic acids is 1. The number of rotatable bonds is 4. The maximum Gasteiger partial charge on any atom is 0.275 e. The van der Waals surface area contributed by atoms with Crippen LogP contribution in [-0.2, 0) is 0 Å². The number of carbonyl (C=O) groups is 1. The molecule has 0 radical (unpaired) electrons. The second-order valence-corrected chi connectivity index (χ2v) is 5.74. The van der Waals surface area contributed by atoms with Crippen LogP contribution in [0.4, 0.5) is 4.39 Å². The molecule has 1 aromatic heterocycles. The fourth-order valence-corrected chi connectivity index (χ4v) is 2.76. The summed E-state index contributed by atoms with van der Waals surface area (Å²) in [6, 6.07) is 4.51. The molecule has 1 aliphatic rings. The molecular formula is C16H19FN4O2. The summed E-state index contributed by atoms with van der Waals surface area (Å²) in [6.07, 6.45) is 3.47. The van der Waals surface area contributed by atoms with E-state index >= 15 is 0 Å². The van der Waals surface area contributed by atoms with Crippen LogP contribution in [-0.4, -0.2) is 39.9 Å². The highest BCUT2D eigenvalue weighted by atomic mass is 19.1. The van der Waals surface area contributed by atoms with Crippen molar-refractivity contribution in [3.05, 3.63) is 41.5 Å². The molecule has 3 N–H and O–H groups in total. The van der Waals surface area contributed by atoms with Gasteiger partial charge in [-0.25, -0.2) is 9.07 Å². The molecule has 3 rings (SSSR count). The Morgan fingerprint density at radius 2 is 2.39 bits per heavy atom. The third-order valence-electron chi connectivity index (χ3n) is 3.99. The van der Waals surface area contributed by atoms with Crippen LogP contribution in [0.3, 0.4) is 0 Å². The van der Waals surface area contributed by atoms with Crippen LogP contribution >= 0.6 is 0 Å². The van der Waals surface area contributed by atoms with Crippen LogP contribution in [0, 0.1) is 12.7 Å². The molecule has 7 heteroatoms. The molecule has 0 spiro atoms. The van der Waals surface area contributed by atoms with Crippen molar-refractivity contribution in [1.82, 2.24) is 20.4 Å². The maximum absolute atomic E-state index is 13.2. The SMILES string of the molecule is Cc1cc(F)ccc1-n1cc(O)c(C(=O)NCC2CCCN2)n1. The number of aryl methyl sites for hydroxylation is 1. The van der Waals surface area contributed by atoms with Gasteiger partial charge in [0.2, 0.25) is 0 Å². The smallest absolute Gasteiger partial charge is 0.275 e. The summed E-state index contributed by atoms with van der Waals surface area (Å²) in [5, 5.41) is 20.2. The molecule has 1 saturated heterocycles. The van der Waals surface area contributed by atoms with E-state index in [4.69, 9.17) is 0 Å². The predicted molar refractivity (Wildman–Crippen MR) is 83.3 cm³/mol. The number of halogens is 1.